The van der Waals surface area contributed by atoms with Crippen molar-refractivity contribution in [2.45, 2.75) is 38.8 Å². The Labute approximate surface area is 156 Å². The molecule has 1 unspecified atom stereocenters. The van der Waals surface area contributed by atoms with Gasteiger partial charge in [0.1, 0.15) is 5.75 Å². The maximum atomic E-state index is 12.5. The number of carbonyl (C=O) groups excluding carboxylic acids is 1. The molecular weight excluding hydrogens is 324 g/mol. The van der Waals surface area contributed by atoms with E-state index in [1.54, 1.807) is 0 Å². The molecule has 1 aliphatic heterocycles. The van der Waals surface area contributed by atoms with Gasteiger partial charge in [0.15, 0.2) is 0 Å². The Morgan fingerprint density at radius 1 is 1.19 bits per heavy atom. The van der Waals surface area contributed by atoms with Gasteiger partial charge in [-0.25, -0.2) is 0 Å². The number of ether oxygens (including phenoxy) is 1. The van der Waals surface area contributed by atoms with Crippen LogP contribution >= 0.6 is 0 Å². The zero-order valence-electron chi connectivity index (χ0n) is 15.5. The first-order valence-electron chi connectivity index (χ1n) is 9.47. The lowest BCUT2D eigenvalue weighted by Crippen LogP contribution is -2.43. The van der Waals surface area contributed by atoms with Gasteiger partial charge in [-0.15, -0.1) is 0 Å². The van der Waals surface area contributed by atoms with Crippen LogP contribution in [0.25, 0.3) is 0 Å². The normalized spacial score (nSPS) is 17.2. The summed E-state index contributed by atoms with van der Waals surface area (Å²) >= 11 is 0. The molecule has 1 aliphatic rings. The van der Waals surface area contributed by atoms with Crippen LogP contribution in [0, 0.1) is 6.92 Å². The first-order valence-corrected chi connectivity index (χ1v) is 9.47. The van der Waals surface area contributed by atoms with E-state index in [1.165, 1.54) is 11.1 Å². The van der Waals surface area contributed by atoms with E-state index in [0.29, 0.717) is 13.2 Å². The van der Waals surface area contributed by atoms with Crippen molar-refractivity contribution in [3.63, 3.8) is 0 Å². The summed E-state index contributed by atoms with van der Waals surface area (Å²) in [5.74, 6) is 1.04. The summed E-state index contributed by atoms with van der Waals surface area (Å²) in [4.78, 5) is 14.8. The molecule has 0 aliphatic carbocycles. The lowest BCUT2D eigenvalue weighted by Gasteiger charge is -2.23. The van der Waals surface area contributed by atoms with E-state index < -0.39 is 0 Å². The van der Waals surface area contributed by atoms with Gasteiger partial charge in [-0.3, -0.25) is 9.69 Å². The van der Waals surface area contributed by atoms with Crippen molar-refractivity contribution >= 4 is 5.91 Å². The minimum Gasteiger partial charge on any atom is -0.494 e. The quantitative estimate of drug-likeness (QED) is 0.739. The number of hydrogen-bond acceptors (Lipinski definition) is 3. The number of nitrogens with one attached hydrogen (secondary N) is 1. The Morgan fingerprint density at radius 3 is 2.85 bits per heavy atom. The van der Waals surface area contributed by atoms with E-state index in [0.717, 1.165) is 38.1 Å². The van der Waals surface area contributed by atoms with Crippen LogP contribution in [0.3, 0.4) is 0 Å². The highest BCUT2D eigenvalue weighted by Gasteiger charge is 2.30. The summed E-state index contributed by atoms with van der Waals surface area (Å²) in [6.45, 7) is 5.15. The molecular formula is C22H28N2O2. The summed E-state index contributed by atoms with van der Waals surface area (Å²) in [5, 5.41) is 3.08. The molecule has 1 atom stereocenters. The molecule has 2 aromatic rings. The Hall–Kier alpha value is -2.33. The Bertz CT molecular complexity index is 702. The minimum absolute atomic E-state index is 0.00658. The summed E-state index contributed by atoms with van der Waals surface area (Å²) < 4.78 is 5.73. The summed E-state index contributed by atoms with van der Waals surface area (Å²) in [7, 11) is 0. The number of rotatable bonds is 8. The molecule has 0 aromatic heterocycles. The molecule has 1 N–H and O–H groups in total. The van der Waals surface area contributed by atoms with Gasteiger partial charge >= 0.3 is 0 Å². The molecule has 1 amide bonds. The fraction of sp³-hybridized carbons (Fsp3) is 0.409. The molecule has 0 bridgehead atoms. The highest BCUT2D eigenvalue weighted by Crippen LogP contribution is 2.20. The molecule has 3 rings (SSSR count). The van der Waals surface area contributed by atoms with Gasteiger partial charge in [0.25, 0.3) is 0 Å². The van der Waals surface area contributed by atoms with Gasteiger partial charge in [-0.2, -0.15) is 0 Å². The molecule has 2 aromatic carbocycles. The van der Waals surface area contributed by atoms with E-state index in [9.17, 15) is 4.79 Å². The van der Waals surface area contributed by atoms with Crippen molar-refractivity contribution in [3.8, 4) is 5.75 Å². The SMILES string of the molecule is Cc1cccc(OCCCNC(=O)C2CCCN2Cc2ccccc2)c1. The van der Waals surface area contributed by atoms with Crippen LogP contribution in [0.4, 0.5) is 0 Å². The summed E-state index contributed by atoms with van der Waals surface area (Å²) in [6, 6.07) is 18.4. The largest absolute Gasteiger partial charge is 0.494 e. The standard InChI is InChI=1S/C22H28N2O2/c1-18-8-5-11-20(16-18)26-15-7-13-23-22(25)21-12-6-14-24(21)17-19-9-3-2-4-10-19/h2-5,8-11,16,21H,6-7,12-15,17H2,1H3,(H,23,25). The van der Waals surface area contributed by atoms with Crippen LogP contribution in [0.2, 0.25) is 0 Å². The second-order valence-corrected chi connectivity index (χ2v) is 6.92. The van der Waals surface area contributed by atoms with Gasteiger partial charge in [-0.1, -0.05) is 42.5 Å². The molecule has 138 valence electrons. The fourth-order valence-corrected chi connectivity index (χ4v) is 3.43. The van der Waals surface area contributed by atoms with Crippen LogP contribution in [0.5, 0.6) is 5.75 Å². The van der Waals surface area contributed by atoms with Crippen molar-refractivity contribution in [1.82, 2.24) is 10.2 Å². The number of benzene rings is 2. The number of carbonyl (C=O) groups is 1. The van der Waals surface area contributed by atoms with E-state index >= 15 is 0 Å². The molecule has 1 heterocycles. The molecule has 1 fully saturated rings. The van der Waals surface area contributed by atoms with Crippen molar-refractivity contribution in [3.05, 3.63) is 65.7 Å². The fourth-order valence-electron chi connectivity index (χ4n) is 3.43. The third-order valence-electron chi connectivity index (χ3n) is 4.77. The van der Waals surface area contributed by atoms with Gasteiger partial charge < -0.3 is 10.1 Å². The summed E-state index contributed by atoms with van der Waals surface area (Å²) in [6.07, 6.45) is 2.84. The average Bonchev–Trinajstić information content (AvgIpc) is 3.10. The number of aryl methyl sites for hydroxylation is 1. The molecule has 0 spiro atoms. The predicted molar refractivity (Wildman–Crippen MR) is 104 cm³/mol. The lowest BCUT2D eigenvalue weighted by molar-refractivity contribution is -0.125. The van der Waals surface area contributed by atoms with E-state index in [2.05, 4.69) is 47.5 Å². The molecule has 4 heteroatoms. The molecule has 0 saturated carbocycles. The van der Waals surface area contributed by atoms with E-state index in [4.69, 9.17) is 4.74 Å². The van der Waals surface area contributed by atoms with Crippen molar-refractivity contribution in [1.29, 1.82) is 0 Å². The zero-order valence-corrected chi connectivity index (χ0v) is 15.5. The van der Waals surface area contributed by atoms with Gasteiger partial charge in [0.2, 0.25) is 5.91 Å². The lowest BCUT2D eigenvalue weighted by atomic mass is 10.1. The number of amides is 1. The van der Waals surface area contributed by atoms with Gasteiger partial charge in [0, 0.05) is 13.1 Å². The van der Waals surface area contributed by atoms with Crippen molar-refractivity contribution in [2.75, 3.05) is 19.7 Å². The van der Waals surface area contributed by atoms with Crippen LogP contribution in [0.1, 0.15) is 30.4 Å². The van der Waals surface area contributed by atoms with Crippen LogP contribution in [-0.2, 0) is 11.3 Å². The molecule has 4 nitrogen and oxygen atoms in total. The Morgan fingerprint density at radius 2 is 2.04 bits per heavy atom. The first-order chi connectivity index (χ1) is 12.7. The number of nitrogens with zero attached hydrogens (tertiary/aromatic N) is 1. The molecule has 0 radical (unpaired) electrons. The summed E-state index contributed by atoms with van der Waals surface area (Å²) in [5.41, 5.74) is 2.45. The van der Waals surface area contributed by atoms with Crippen LogP contribution in [-0.4, -0.2) is 36.5 Å². The van der Waals surface area contributed by atoms with Crippen molar-refractivity contribution < 1.29 is 9.53 Å². The van der Waals surface area contributed by atoms with Crippen LogP contribution < -0.4 is 10.1 Å². The minimum atomic E-state index is -0.00658. The maximum absolute atomic E-state index is 12.5. The predicted octanol–water partition coefficient (Wildman–Crippen LogP) is 3.54. The monoisotopic (exact) mass is 352 g/mol. The first kappa shape index (κ1) is 18.5. The second-order valence-electron chi connectivity index (χ2n) is 6.92. The van der Waals surface area contributed by atoms with Gasteiger partial charge in [0.05, 0.1) is 12.6 Å². The average molecular weight is 352 g/mol. The third kappa shape index (κ3) is 5.33. The highest BCUT2D eigenvalue weighted by atomic mass is 16.5. The molecule has 1 saturated heterocycles. The van der Waals surface area contributed by atoms with E-state index in [-0.39, 0.29) is 11.9 Å². The van der Waals surface area contributed by atoms with Crippen molar-refractivity contribution in [2.24, 2.45) is 0 Å². The van der Waals surface area contributed by atoms with Crippen LogP contribution in [0.15, 0.2) is 54.6 Å². The highest BCUT2D eigenvalue weighted by molar-refractivity contribution is 5.82. The second kappa shape index (κ2) is 9.39. The smallest absolute Gasteiger partial charge is 0.237 e. The third-order valence-corrected chi connectivity index (χ3v) is 4.77. The Balaban J connectivity index is 1.38. The zero-order chi connectivity index (χ0) is 18.2. The topological polar surface area (TPSA) is 41.6 Å². The maximum Gasteiger partial charge on any atom is 0.237 e. The van der Waals surface area contributed by atoms with E-state index in [1.807, 2.05) is 24.3 Å². The molecule has 26 heavy (non-hydrogen) atoms. The Kier molecular flexibility index (Phi) is 6.67. The number of hydrogen-bond donors (Lipinski definition) is 1. The van der Waals surface area contributed by atoms with Gasteiger partial charge in [-0.05, 0) is 56.0 Å². The number of likely N-dealkylation sites (tertiary alicyclic amines) is 1.